The van der Waals surface area contributed by atoms with Crippen molar-refractivity contribution < 1.29 is 9.59 Å². The van der Waals surface area contributed by atoms with Crippen LogP contribution in [-0.4, -0.2) is 28.1 Å². The van der Waals surface area contributed by atoms with Crippen molar-refractivity contribution in [2.45, 2.75) is 6.92 Å². The predicted molar refractivity (Wildman–Crippen MR) is 101 cm³/mol. The van der Waals surface area contributed by atoms with E-state index in [0.717, 1.165) is 0 Å². The van der Waals surface area contributed by atoms with E-state index in [2.05, 4.69) is 15.7 Å². The van der Waals surface area contributed by atoms with Gasteiger partial charge in [0.15, 0.2) is 0 Å². The van der Waals surface area contributed by atoms with Crippen molar-refractivity contribution in [2.24, 2.45) is 0 Å². The Morgan fingerprint density at radius 1 is 1.08 bits per heavy atom. The number of rotatable bonds is 5. The zero-order valence-corrected chi connectivity index (χ0v) is 14.8. The van der Waals surface area contributed by atoms with E-state index in [9.17, 15) is 9.59 Å². The van der Waals surface area contributed by atoms with Gasteiger partial charge in [0.1, 0.15) is 0 Å². The fraction of sp³-hybridized carbons (Fsp3) is 0.105. The lowest BCUT2D eigenvalue weighted by Gasteiger charge is -2.12. The Kier molecular flexibility index (Phi) is 5.34. The van der Waals surface area contributed by atoms with Gasteiger partial charge in [0.2, 0.25) is 0 Å². The van der Waals surface area contributed by atoms with Crippen LogP contribution in [0.5, 0.6) is 0 Å². The van der Waals surface area contributed by atoms with Crippen LogP contribution in [0.2, 0.25) is 5.02 Å². The van der Waals surface area contributed by atoms with Crippen LogP contribution < -0.4 is 10.6 Å². The van der Waals surface area contributed by atoms with Crippen molar-refractivity contribution in [3.05, 3.63) is 77.1 Å². The highest BCUT2D eigenvalue weighted by molar-refractivity contribution is 6.34. The SMILES string of the molecule is CCNC(=O)c1cc(NC(=O)c2ccccc2-n2cccn2)ccc1Cl. The summed E-state index contributed by atoms with van der Waals surface area (Å²) >= 11 is 6.09. The van der Waals surface area contributed by atoms with Crippen molar-refractivity contribution in [3.63, 3.8) is 0 Å². The molecule has 6 nitrogen and oxygen atoms in total. The lowest BCUT2D eigenvalue weighted by molar-refractivity contribution is 0.0954. The fourth-order valence-corrected chi connectivity index (χ4v) is 2.71. The van der Waals surface area contributed by atoms with Gasteiger partial charge in [-0.05, 0) is 43.3 Å². The highest BCUT2D eigenvalue weighted by atomic mass is 35.5. The molecule has 132 valence electrons. The first kappa shape index (κ1) is 17.7. The third kappa shape index (κ3) is 3.75. The lowest BCUT2D eigenvalue weighted by Crippen LogP contribution is -2.23. The topological polar surface area (TPSA) is 76.0 Å². The number of benzene rings is 2. The first-order chi connectivity index (χ1) is 12.6. The van der Waals surface area contributed by atoms with Crippen LogP contribution in [0.4, 0.5) is 5.69 Å². The second kappa shape index (κ2) is 7.84. The largest absolute Gasteiger partial charge is 0.352 e. The number of nitrogens with zero attached hydrogens (tertiary/aromatic N) is 2. The molecule has 2 N–H and O–H groups in total. The summed E-state index contributed by atoms with van der Waals surface area (Å²) in [7, 11) is 0. The molecule has 0 atom stereocenters. The monoisotopic (exact) mass is 368 g/mol. The molecule has 0 saturated carbocycles. The number of carbonyl (C=O) groups is 2. The molecule has 3 rings (SSSR count). The molecule has 1 aromatic heterocycles. The van der Waals surface area contributed by atoms with Gasteiger partial charge in [0.05, 0.1) is 21.8 Å². The summed E-state index contributed by atoms with van der Waals surface area (Å²) in [6, 6.07) is 13.7. The Morgan fingerprint density at radius 3 is 2.62 bits per heavy atom. The average molecular weight is 369 g/mol. The zero-order chi connectivity index (χ0) is 18.5. The molecule has 7 heteroatoms. The summed E-state index contributed by atoms with van der Waals surface area (Å²) in [6.45, 7) is 2.31. The van der Waals surface area contributed by atoms with Gasteiger partial charge in [-0.2, -0.15) is 5.10 Å². The number of carbonyl (C=O) groups excluding carboxylic acids is 2. The highest BCUT2D eigenvalue weighted by Crippen LogP contribution is 2.22. The molecule has 0 aliphatic carbocycles. The molecular weight excluding hydrogens is 352 g/mol. The van der Waals surface area contributed by atoms with E-state index in [-0.39, 0.29) is 11.8 Å². The molecule has 26 heavy (non-hydrogen) atoms. The second-order valence-electron chi connectivity index (χ2n) is 5.48. The maximum atomic E-state index is 12.7. The number of amides is 2. The van der Waals surface area contributed by atoms with Gasteiger partial charge < -0.3 is 10.6 Å². The molecule has 0 unspecified atom stereocenters. The highest BCUT2D eigenvalue weighted by Gasteiger charge is 2.15. The van der Waals surface area contributed by atoms with Crippen molar-refractivity contribution in [1.29, 1.82) is 0 Å². The van der Waals surface area contributed by atoms with E-state index in [4.69, 9.17) is 11.6 Å². The minimum atomic E-state index is -0.305. The minimum Gasteiger partial charge on any atom is -0.352 e. The third-order valence-electron chi connectivity index (χ3n) is 3.71. The van der Waals surface area contributed by atoms with Crippen molar-refractivity contribution in [3.8, 4) is 5.69 Å². The van der Waals surface area contributed by atoms with Gasteiger partial charge in [0, 0.05) is 24.6 Å². The van der Waals surface area contributed by atoms with Crippen molar-refractivity contribution in [1.82, 2.24) is 15.1 Å². The number of hydrogen-bond donors (Lipinski definition) is 2. The Bertz CT molecular complexity index is 938. The van der Waals surface area contributed by atoms with Crippen LogP contribution in [0.15, 0.2) is 60.9 Å². The van der Waals surface area contributed by atoms with Crippen LogP contribution in [-0.2, 0) is 0 Å². The van der Waals surface area contributed by atoms with Gasteiger partial charge >= 0.3 is 0 Å². The van der Waals surface area contributed by atoms with Crippen molar-refractivity contribution in [2.75, 3.05) is 11.9 Å². The van der Waals surface area contributed by atoms with E-state index < -0.39 is 0 Å². The fourth-order valence-electron chi connectivity index (χ4n) is 2.51. The van der Waals surface area contributed by atoms with Gasteiger partial charge in [-0.15, -0.1) is 0 Å². The smallest absolute Gasteiger partial charge is 0.257 e. The number of para-hydroxylation sites is 1. The first-order valence-corrected chi connectivity index (χ1v) is 8.46. The van der Waals surface area contributed by atoms with Gasteiger partial charge in [-0.1, -0.05) is 23.7 Å². The number of aromatic nitrogens is 2. The van der Waals surface area contributed by atoms with E-state index >= 15 is 0 Å². The Morgan fingerprint density at radius 2 is 1.88 bits per heavy atom. The Hall–Kier alpha value is -3.12. The molecule has 0 aliphatic rings. The summed E-state index contributed by atoms with van der Waals surface area (Å²) in [6.07, 6.45) is 3.41. The summed E-state index contributed by atoms with van der Waals surface area (Å²) < 4.78 is 1.62. The van der Waals surface area contributed by atoms with E-state index in [1.807, 2.05) is 19.1 Å². The molecule has 2 aromatic carbocycles. The van der Waals surface area contributed by atoms with Crippen LogP contribution in [0.1, 0.15) is 27.6 Å². The molecule has 0 radical (unpaired) electrons. The molecule has 0 saturated heterocycles. The van der Waals surface area contributed by atoms with Gasteiger partial charge in [-0.25, -0.2) is 4.68 Å². The van der Waals surface area contributed by atoms with E-state index in [0.29, 0.717) is 34.1 Å². The summed E-state index contributed by atoms with van der Waals surface area (Å²) in [5, 5.41) is 10.00. The van der Waals surface area contributed by atoms with E-state index in [1.54, 1.807) is 53.5 Å². The molecule has 0 fully saturated rings. The molecule has 0 bridgehead atoms. The minimum absolute atomic E-state index is 0.287. The predicted octanol–water partition coefficient (Wildman–Crippen LogP) is 3.53. The van der Waals surface area contributed by atoms with Crippen LogP contribution in [0, 0.1) is 0 Å². The normalized spacial score (nSPS) is 10.4. The quantitative estimate of drug-likeness (QED) is 0.723. The molecule has 1 heterocycles. The summed E-state index contributed by atoms with van der Waals surface area (Å²) in [5.74, 6) is -0.592. The lowest BCUT2D eigenvalue weighted by atomic mass is 10.1. The summed E-state index contributed by atoms with van der Waals surface area (Å²) in [5.41, 5.74) is 1.92. The number of halogens is 1. The molecular formula is C19H17ClN4O2. The molecule has 2 amide bonds. The van der Waals surface area contributed by atoms with Crippen LogP contribution >= 0.6 is 11.6 Å². The average Bonchev–Trinajstić information content (AvgIpc) is 3.18. The zero-order valence-electron chi connectivity index (χ0n) is 14.1. The Balaban J connectivity index is 1.88. The van der Waals surface area contributed by atoms with E-state index in [1.165, 1.54) is 0 Å². The van der Waals surface area contributed by atoms with Gasteiger partial charge in [-0.3, -0.25) is 9.59 Å². The number of anilines is 1. The third-order valence-corrected chi connectivity index (χ3v) is 4.04. The summed E-state index contributed by atoms with van der Waals surface area (Å²) in [4.78, 5) is 24.8. The maximum Gasteiger partial charge on any atom is 0.257 e. The molecule has 0 spiro atoms. The maximum absolute atomic E-state index is 12.7. The van der Waals surface area contributed by atoms with Crippen LogP contribution in [0.3, 0.4) is 0 Å². The number of nitrogens with one attached hydrogen (secondary N) is 2. The van der Waals surface area contributed by atoms with Gasteiger partial charge in [0.25, 0.3) is 11.8 Å². The number of hydrogen-bond acceptors (Lipinski definition) is 3. The van der Waals surface area contributed by atoms with Crippen molar-refractivity contribution >= 4 is 29.1 Å². The standard InChI is InChI=1S/C19H17ClN4O2/c1-2-21-18(25)15-12-13(8-9-16(15)20)23-19(26)14-6-3-4-7-17(14)24-11-5-10-22-24/h3-12H,2H2,1H3,(H,21,25)(H,23,26). The molecule has 3 aromatic rings. The first-order valence-electron chi connectivity index (χ1n) is 8.08. The molecule has 0 aliphatic heterocycles. The second-order valence-corrected chi connectivity index (χ2v) is 5.88. The Labute approximate surface area is 155 Å². The van der Waals surface area contributed by atoms with Crippen LogP contribution in [0.25, 0.3) is 5.69 Å².